The van der Waals surface area contributed by atoms with Crippen LogP contribution in [0.15, 0.2) is 72.8 Å². The number of hydrogen-bond donors (Lipinski definition) is 0. The predicted molar refractivity (Wildman–Crippen MR) is 89.8 cm³/mol. The highest BCUT2D eigenvalue weighted by Gasteiger charge is 2.31. The molecule has 0 spiro atoms. The summed E-state index contributed by atoms with van der Waals surface area (Å²) in [5.41, 5.74) is 5.17. The molecule has 1 aliphatic rings. The molecule has 106 valence electrons. The third-order valence-electron chi connectivity index (χ3n) is 3.93. The predicted octanol–water partition coefficient (Wildman–Crippen LogP) is 5.00. The third kappa shape index (κ3) is 1.85. The summed E-state index contributed by atoms with van der Waals surface area (Å²) in [5, 5.41) is 13.4. The highest BCUT2D eigenvalue weighted by Crippen LogP contribution is 2.38. The Balaban J connectivity index is 2.07. The van der Waals surface area contributed by atoms with Crippen molar-refractivity contribution in [2.75, 3.05) is 0 Å². The van der Waals surface area contributed by atoms with Crippen molar-refractivity contribution in [3.05, 3.63) is 94.2 Å². The van der Waals surface area contributed by atoms with E-state index in [0.717, 1.165) is 27.0 Å². The van der Waals surface area contributed by atoms with Crippen LogP contribution in [0.1, 0.15) is 11.1 Å². The van der Waals surface area contributed by atoms with E-state index < -0.39 is 0 Å². The molecule has 0 aliphatic heterocycles. The number of halogens is 1. The summed E-state index contributed by atoms with van der Waals surface area (Å²) in [6.45, 7) is 0. The number of rotatable bonds is 1. The molecule has 0 N–H and O–H groups in total. The molecule has 0 heterocycles. The smallest absolute Gasteiger partial charge is 0.235 e. The number of hydrogen-bond acceptors (Lipinski definition) is 1. The topological polar surface area (TPSA) is 26.1 Å². The van der Waals surface area contributed by atoms with Crippen LogP contribution < -0.4 is 0 Å². The van der Waals surface area contributed by atoms with Gasteiger partial charge in [0.2, 0.25) is 11.4 Å². The van der Waals surface area contributed by atoms with Crippen LogP contribution in [0, 0.1) is 5.21 Å². The molecule has 0 saturated carbocycles. The van der Waals surface area contributed by atoms with E-state index in [9.17, 15) is 5.21 Å². The first-order valence-electron chi connectivity index (χ1n) is 7.05. The summed E-state index contributed by atoms with van der Waals surface area (Å²) < 4.78 is 0.937. The monoisotopic (exact) mass is 305 g/mol. The first-order valence-corrected chi connectivity index (χ1v) is 7.43. The molecule has 0 atom stereocenters. The minimum absolute atomic E-state index is 0.451. The first-order chi connectivity index (χ1) is 10.8. The standard InChI is InChI=1S/C19H12ClNO/c20-17-11-5-6-12-18(17)21(22)19-15-9-3-1-7-13(15)14-8-2-4-10-16(14)19/h1-12H. The minimum atomic E-state index is 0.451. The zero-order valence-corrected chi connectivity index (χ0v) is 12.4. The number of nitrogens with zero attached hydrogens (tertiary/aromatic N) is 1. The van der Waals surface area contributed by atoms with Gasteiger partial charge in [0, 0.05) is 6.07 Å². The summed E-state index contributed by atoms with van der Waals surface area (Å²) in [5.74, 6) is 0. The fraction of sp³-hybridized carbons (Fsp3) is 0. The van der Waals surface area contributed by atoms with E-state index in [1.165, 1.54) is 0 Å². The maximum absolute atomic E-state index is 13.0. The zero-order valence-electron chi connectivity index (χ0n) is 11.7. The van der Waals surface area contributed by atoms with Crippen LogP contribution in [0.2, 0.25) is 5.02 Å². The molecule has 4 rings (SSSR count). The first kappa shape index (κ1) is 13.1. The second kappa shape index (κ2) is 5.00. The van der Waals surface area contributed by atoms with E-state index >= 15 is 0 Å². The third-order valence-corrected chi connectivity index (χ3v) is 4.25. The lowest BCUT2D eigenvalue weighted by atomic mass is 10.1. The summed E-state index contributed by atoms with van der Waals surface area (Å²) in [7, 11) is 0. The van der Waals surface area contributed by atoms with Crippen LogP contribution >= 0.6 is 11.6 Å². The molecule has 22 heavy (non-hydrogen) atoms. The van der Waals surface area contributed by atoms with Gasteiger partial charge in [0.15, 0.2) is 0 Å². The van der Waals surface area contributed by atoms with Crippen molar-refractivity contribution >= 4 is 23.0 Å². The van der Waals surface area contributed by atoms with Crippen LogP contribution in [0.4, 0.5) is 5.69 Å². The largest absolute Gasteiger partial charge is 0.618 e. The number of fused-ring (bicyclic) bond motifs is 3. The van der Waals surface area contributed by atoms with Crippen molar-refractivity contribution in [3.8, 4) is 11.1 Å². The Bertz CT molecular complexity index is 867. The van der Waals surface area contributed by atoms with Crippen molar-refractivity contribution in [2.24, 2.45) is 0 Å². The number of benzene rings is 3. The number of para-hydroxylation sites is 1. The molecule has 3 aromatic rings. The van der Waals surface area contributed by atoms with Gasteiger partial charge in [-0.05, 0) is 29.3 Å². The molecule has 1 aliphatic carbocycles. The van der Waals surface area contributed by atoms with Crippen molar-refractivity contribution in [1.29, 1.82) is 0 Å². The second-order valence-corrected chi connectivity index (χ2v) is 5.59. The summed E-state index contributed by atoms with van der Waals surface area (Å²) >= 11 is 6.20. The van der Waals surface area contributed by atoms with Crippen LogP contribution in [0.5, 0.6) is 0 Å². The summed E-state index contributed by atoms with van der Waals surface area (Å²) in [6, 6.07) is 23.0. The molecule has 0 aromatic heterocycles. The fourth-order valence-corrected chi connectivity index (χ4v) is 3.16. The van der Waals surface area contributed by atoms with E-state index in [0.29, 0.717) is 16.4 Å². The average molecular weight is 306 g/mol. The van der Waals surface area contributed by atoms with Crippen LogP contribution in [-0.2, 0) is 0 Å². The van der Waals surface area contributed by atoms with Crippen LogP contribution in [-0.4, -0.2) is 10.5 Å². The summed E-state index contributed by atoms with van der Waals surface area (Å²) in [6.07, 6.45) is 0. The SMILES string of the molecule is [O-][N+](=C1c2ccccc2-c2ccccc21)c1ccccc1Cl. The Kier molecular flexibility index (Phi) is 2.98. The van der Waals surface area contributed by atoms with Gasteiger partial charge in [-0.25, -0.2) is 0 Å². The highest BCUT2D eigenvalue weighted by atomic mass is 35.5. The van der Waals surface area contributed by atoms with Crippen molar-refractivity contribution in [3.63, 3.8) is 0 Å². The normalized spacial score (nSPS) is 12.0. The fourth-order valence-electron chi connectivity index (χ4n) is 2.95. The Morgan fingerprint density at radius 3 is 1.64 bits per heavy atom. The van der Waals surface area contributed by atoms with Gasteiger partial charge < -0.3 is 5.21 Å². The molecular formula is C19H12ClNO. The van der Waals surface area contributed by atoms with Crippen molar-refractivity contribution in [2.45, 2.75) is 0 Å². The molecule has 2 nitrogen and oxygen atoms in total. The Labute approximate surface area is 133 Å². The van der Waals surface area contributed by atoms with Gasteiger partial charge >= 0.3 is 0 Å². The Morgan fingerprint density at radius 2 is 1.09 bits per heavy atom. The maximum atomic E-state index is 13.0. The van der Waals surface area contributed by atoms with Crippen LogP contribution in [0.25, 0.3) is 11.1 Å². The molecule has 3 heteroatoms. The molecule has 0 saturated heterocycles. The zero-order chi connectivity index (χ0) is 15.1. The van der Waals surface area contributed by atoms with Gasteiger partial charge in [-0.2, -0.15) is 4.74 Å². The molecule has 0 amide bonds. The lowest BCUT2D eigenvalue weighted by molar-refractivity contribution is -0.359. The van der Waals surface area contributed by atoms with E-state index in [-0.39, 0.29) is 0 Å². The average Bonchev–Trinajstić information content (AvgIpc) is 2.89. The highest BCUT2D eigenvalue weighted by molar-refractivity contribution is 6.32. The maximum Gasteiger partial charge on any atom is 0.235 e. The van der Waals surface area contributed by atoms with E-state index in [2.05, 4.69) is 0 Å². The Morgan fingerprint density at radius 1 is 0.636 bits per heavy atom. The van der Waals surface area contributed by atoms with E-state index in [4.69, 9.17) is 11.6 Å². The summed E-state index contributed by atoms with van der Waals surface area (Å²) in [4.78, 5) is 0. The molecule has 3 aromatic carbocycles. The van der Waals surface area contributed by atoms with Gasteiger partial charge in [0.1, 0.15) is 5.02 Å². The quantitative estimate of drug-likeness (QED) is 0.276. The molecule has 0 fully saturated rings. The van der Waals surface area contributed by atoms with Gasteiger partial charge in [0.05, 0.1) is 11.1 Å². The Hall–Kier alpha value is -2.58. The van der Waals surface area contributed by atoms with Crippen LogP contribution in [0.3, 0.4) is 0 Å². The lowest BCUT2D eigenvalue weighted by Gasteiger charge is -2.09. The van der Waals surface area contributed by atoms with Gasteiger partial charge in [-0.1, -0.05) is 60.1 Å². The molecule has 0 bridgehead atoms. The molecular weight excluding hydrogens is 294 g/mol. The van der Waals surface area contributed by atoms with Crippen molar-refractivity contribution < 1.29 is 4.74 Å². The van der Waals surface area contributed by atoms with Crippen molar-refractivity contribution in [1.82, 2.24) is 0 Å². The molecule has 0 radical (unpaired) electrons. The lowest BCUT2D eigenvalue weighted by Crippen LogP contribution is -2.12. The second-order valence-electron chi connectivity index (χ2n) is 5.19. The molecule has 0 unspecified atom stereocenters. The van der Waals surface area contributed by atoms with Gasteiger partial charge in [-0.3, -0.25) is 0 Å². The van der Waals surface area contributed by atoms with Gasteiger partial charge in [-0.15, -0.1) is 0 Å². The van der Waals surface area contributed by atoms with Gasteiger partial charge in [0.25, 0.3) is 0 Å². The van der Waals surface area contributed by atoms with E-state index in [1.54, 1.807) is 12.1 Å². The van der Waals surface area contributed by atoms with E-state index in [1.807, 2.05) is 60.7 Å². The minimum Gasteiger partial charge on any atom is -0.618 e.